The Bertz CT molecular complexity index is 1070. The van der Waals surface area contributed by atoms with E-state index < -0.39 is 0 Å². The summed E-state index contributed by atoms with van der Waals surface area (Å²) < 4.78 is 5.78. The van der Waals surface area contributed by atoms with Crippen molar-refractivity contribution in [2.75, 3.05) is 0 Å². The Hall–Kier alpha value is -3.01. The lowest BCUT2D eigenvalue weighted by Gasteiger charge is -2.08. The second-order valence-electron chi connectivity index (χ2n) is 5.11. The molecule has 0 aliphatic rings. The molecule has 2 heterocycles. The minimum Gasteiger partial charge on any atom is -0.456 e. The summed E-state index contributed by atoms with van der Waals surface area (Å²) in [5, 5.41) is 10.9. The molecule has 7 heteroatoms. The molecule has 25 heavy (non-hydrogen) atoms. The minimum absolute atomic E-state index is 0.429. The Morgan fingerprint density at radius 1 is 1.12 bits per heavy atom. The van der Waals surface area contributed by atoms with Gasteiger partial charge in [-0.05, 0) is 42.5 Å². The van der Waals surface area contributed by atoms with Gasteiger partial charge in [0.1, 0.15) is 39.3 Å². The van der Waals surface area contributed by atoms with Crippen molar-refractivity contribution < 1.29 is 4.74 Å². The Morgan fingerprint density at radius 2 is 1.96 bits per heavy atom. The third-order valence-electron chi connectivity index (χ3n) is 3.46. The van der Waals surface area contributed by atoms with E-state index in [1.54, 1.807) is 42.6 Å². The van der Waals surface area contributed by atoms with Crippen LogP contribution in [-0.4, -0.2) is 15.0 Å². The number of hydrogen-bond acceptors (Lipinski definition) is 6. The molecular formula is C18H9ClN4OS. The van der Waals surface area contributed by atoms with Crippen LogP contribution in [-0.2, 0) is 0 Å². The van der Waals surface area contributed by atoms with Crippen LogP contribution in [0.4, 0.5) is 0 Å². The Labute approximate surface area is 152 Å². The second-order valence-corrected chi connectivity index (χ2v) is 6.52. The number of ether oxygens (including phenoxy) is 1. The van der Waals surface area contributed by atoms with Crippen LogP contribution in [0.2, 0.25) is 5.02 Å². The summed E-state index contributed by atoms with van der Waals surface area (Å²) in [4.78, 5) is 13.5. The summed E-state index contributed by atoms with van der Waals surface area (Å²) in [6.45, 7) is 0. The van der Waals surface area contributed by atoms with Crippen molar-refractivity contribution in [3.63, 3.8) is 0 Å². The third-order valence-corrected chi connectivity index (χ3v) is 4.74. The Morgan fingerprint density at radius 3 is 2.72 bits per heavy atom. The van der Waals surface area contributed by atoms with Crippen molar-refractivity contribution in [2.45, 2.75) is 0 Å². The number of aromatic nitrogens is 3. The van der Waals surface area contributed by atoms with Crippen LogP contribution >= 0.6 is 22.9 Å². The zero-order valence-electron chi connectivity index (χ0n) is 12.7. The Balaban J connectivity index is 1.69. The molecule has 0 saturated heterocycles. The molecule has 0 saturated carbocycles. The summed E-state index contributed by atoms with van der Waals surface area (Å²) in [6, 6.07) is 14.5. The fraction of sp³-hybridized carbons (Fsp3) is 0. The van der Waals surface area contributed by atoms with E-state index in [0.29, 0.717) is 22.1 Å². The largest absolute Gasteiger partial charge is 0.456 e. The van der Waals surface area contributed by atoms with E-state index in [9.17, 15) is 5.26 Å². The van der Waals surface area contributed by atoms with E-state index >= 15 is 0 Å². The smallest absolute Gasteiger partial charge is 0.147 e. The van der Waals surface area contributed by atoms with Gasteiger partial charge >= 0.3 is 0 Å². The average molecular weight is 365 g/mol. The van der Waals surface area contributed by atoms with Gasteiger partial charge in [0, 0.05) is 10.6 Å². The number of nitriles is 1. The second kappa shape index (κ2) is 6.48. The highest BCUT2D eigenvalue weighted by Gasteiger charge is 2.11. The number of hydrogen-bond donors (Lipinski definition) is 0. The van der Waals surface area contributed by atoms with Crippen LogP contribution < -0.4 is 4.74 Å². The summed E-state index contributed by atoms with van der Waals surface area (Å²) in [5.74, 6) is 1.10. The fourth-order valence-corrected chi connectivity index (χ4v) is 3.28. The maximum Gasteiger partial charge on any atom is 0.147 e. The molecule has 0 atom stereocenters. The van der Waals surface area contributed by atoms with Gasteiger partial charge in [-0.25, -0.2) is 15.0 Å². The lowest BCUT2D eigenvalue weighted by molar-refractivity contribution is 0.481. The van der Waals surface area contributed by atoms with E-state index in [-0.39, 0.29) is 0 Å². The predicted octanol–water partition coefficient (Wildman–Crippen LogP) is 5.07. The molecule has 2 aromatic carbocycles. The zero-order valence-corrected chi connectivity index (χ0v) is 14.3. The normalized spacial score (nSPS) is 10.6. The monoisotopic (exact) mass is 364 g/mol. The quantitative estimate of drug-likeness (QED) is 0.507. The first-order valence-corrected chi connectivity index (χ1v) is 8.47. The third kappa shape index (κ3) is 3.15. The van der Waals surface area contributed by atoms with E-state index in [0.717, 1.165) is 20.9 Å². The number of halogens is 1. The molecule has 0 bridgehead atoms. The number of fused-ring (bicyclic) bond motifs is 1. The number of thiazole rings is 1. The van der Waals surface area contributed by atoms with Crippen molar-refractivity contribution in [3.8, 4) is 28.1 Å². The fourth-order valence-electron chi connectivity index (χ4n) is 2.28. The molecule has 0 unspecified atom stereocenters. The number of benzene rings is 2. The van der Waals surface area contributed by atoms with Crippen molar-refractivity contribution in [1.29, 1.82) is 5.26 Å². The van der Waals surface area contributed by atoms with Gasteiger partial charge in [0.05, 0.1) is 11.8 Å². The summed E-state index contributed by atoms with van der Waals surface area (Å²) in [6.07, 6.45) is 3.17. The van der Waals surface area contributed by atoms with Gasteiger partial charge in [-0.2, -0.15) is 5.26 Å². The van der Waals surface area contributed by atoms with Crippen molar-refractivity contribution in [2.24, 2.45) is 0 Å². The maximum atomic E-state index is 9.46. The highest BCUT2D eigenvalue weighted by molar-refractivity contribution is 7.21. The average Bonchev–Trinajstić information content (AvgIpc) is 3.08. The van der Waals surface area contributed by atoms with Crippen molar-refractivity contribution in [3.05, 3.63) is 65.6 Å². The van der Waals surface area contributed by atoms with Crippen LogP contribution in [0.25, 0.3) is 20.9 Å². The first-order chi connectivity index (χ1) is 12.2. The van der Waals surface area contributed by atoms with Gasteiger partial charge < -0.3 is 4.74 Å². The molecule has 4 aromatic rings. The first kappa shape index (κ1) is 15.5. The minimum atomic E-state index is 0.429. The molecule has 5 nitrogen and oxygen atoms in total. The standard InChI is InChI=1S/C18H9ClN4OS/c19-13-2-4-14(5-3-13)24-16-6-1-11(7-12(16)8-20)17-23-15-9-21-10-22-18(15)25-17/h1-7,9-10H. The topological polar surface area (TPSA) is 71.7 Å². The summed E-state index contributed by atoms with van der Waals surface area (Å²) in [5.41, 5.74) is 2.00. The predicted molar refractivity (Wildman–Crippen MR) is 96.9 cm³/mol. The van der Waals surface area contributed by atoms with E-state index in [2.05, 4.69) is 21.0 Å². The molecule has 0 aliphatic heterocycles. The van der Waals surface area contributed by atoms with Crippen LogP contribution in [0.3, 0.4) is 0 Å². The molecule has 0 amide bonds. The highest BCUT2D eigenvalue weighted by Crippen LogP contribution is 2.33. The summed E-state index contributed by atoms with van der Waals surface area (Å²) >= 11 is 7.33. The van der Waals surface area contributed by atoms with E-state index in [4.69, 9.17) is 16.3 Å². The first-order valence-electron chi connectivity index (χ1n) is 7.27. The van der Waals surface area contributed by atoms with Crippen molar-refractivity contribution >= 4 is 33.3 Å². The molecule has 0 spiro atoms. The van der Waals surface area contributed by atoms with Crippen LogP contribution in [0, 0.1) is 11.3 Å². The molecule has 0 radical (unpaired) electrons. The number of nitrogens with zero attached hydrogens (tertiary/aromatic N) is 4. The van der Waals surface area contributed by atoms with Crippen LogP contribution in [0.5, 0.6) is 11.5 Å². The molecule has 0 fully saturated rings. The maximum absolute atomic E-state index is 9.46. The lowest BCUT2D eigenvalue weighted by atomic mass is 10.1. The highest BCUT2D eigenvalue weighted by atomic mass is 35.5. The van der Waals surface area contributed by atoms with Crippen LogP contribution in [0.15, 0.2) is 55.0 Å². The van der Waals surface area contributed by atoms with Crippen molar-refractivity contribution in [1.82, 2.24) is 15.0 Å². The van der Waals surface area contributed by atoms with Gasteiger partial charge in [-0.15, -0.1) is 0 Å². The lowest BCUT2D eigenvalue weighted by Crippen LogP contribution is -1.89. The van der Waals surface area contributed by atoms with Gasteiger partial charge in [0.15, 0.2) is 0 Å². The molecule has 0 N–H and O–H groups in total. The zero-order chi connectivity index (χ0) is 17.2. The van der Waals surface area contributed by atoms with Gasteiger partial charge in [-0.3, -0.25) is 0 Å². The number of rotatable bonds is 3. The van der Waals surface area contributed by atoms with Gasteiger partial charge in [0.2, 0.25) is 0 Å². The molecule has 2 aromatic heterocycles. The molecule has 120 valence electrons. The van der Waals surface area contributed by atoms with Gasteiger partial charge in [0.25, 0.3) is 0 Å². The van der Waals surface area contributed by atoms with Crippen LogP contribution in [0.1, 0.15) is 5.56 Å². The van der Waals surface area contributed by atoms with E-state index in [1.165, 1.54) is 17.7 Å². The Kier molecular flexibility index (Phi) is 4.02. The SMILES string of the molecule is N#Cc1cc(-c2nc3cncnc3s2)ccc1Oc1ccc(Cl)cc1. The molecule has 4 rings (SSSR count). The van der Waals surface area contributed by atoms with Gasteiger partial charge in [-0.1, -0.05) is 22.9 Å². The van der Waals surface area contributed by atoms with E-state index in [1.807, 2.05) is 6.07 Å². The summed E-state index contributed by atoms with van der Waals surface area (Å²) in [7, 11) is 0. The molecular weight excluding hydrogens is 356 g/mol. The molecule has 0 aliphatic carbocycles.